The number of carbonyl (C=O) groups is 1. The fourth-order valence-electron chi connectivity index (χ4n) is 2.14. The normalized spacial score (nSPS) is 20.2. The van der Waals surface area contributed by atoms with Crippen LogP contribution in [0.3, 0.4) is 0 Å². The van der Waals surface area contributed by atoms with Gasteiger partial charge in [0.05, 0.1) is 0 Å². The van der Waals surface area contributed by atoms with E-state index < -0.39 is 12.0 Å². The van der Waals surface area contributed by atoms with Gasteiger partial charge < -0.3 is 19.7 Å². The first-order chi connectivity index (χ1) is 8.75. The van der Waals surface area contributed by atoms with Crippen molar-refractivity contribution < 1.29 is 14.3 Å². The van der Waals surface area contributed by atoms with Crippen molar-refractivity contribution in [1.29, 1.82) is 0 Å². The number of oxazole rings is 1. The fraction of sp³-hybridized carbons (Fsp3) is 0.333. The van der Waals surface area contributed by atoms with Gasteiger partial charge in [-0.05, 0) is 12.1 Å². The maximum atomic E-state index is 11.2. The van der Waals surface area contributed by atoms with E-state index in [0.29, 0.717) is 24.7 Å². The number of nitrogens with zero attached hydrogens (tertiary/aromatic N) is 2. The van der Waals surface area contributed by atoms with Crippen LogP contribution in [0.1, 0.15) is 0 Å². The highest BCUT2D eigenvalue weighted by atomic mass is 16.4. The molecule has 1 aliphatic rings. The summed E-state index contributed by atoms with van der Waals surface area (Å²) in [5, 5.41) is 12.3. The quantitative estimate of drug-likeness (QED) is 0.813. The Morgan fingerprint density at radius 3 is 3.11 bits per heavy atom. The highest BCUT2D eigenvalue weighted by molar-refractivity contribution is 5.79. The Hall–Kier alpha value is -2.08. The molecule has 0 aliphatic carbocycles. The molecule has 1 aromatic heterocycles. The van der Waals surface area contributed by atoms with Gasteiger partial charge in [0.25, 0.3) is 6.01 Å². The number of rotatable bonds is 2. The van der Waals surface area contributed by atoms with Crippen LogP contribution in [-0.2, 0) is 4.79 Å². The largest absolute Gasteiger partial charge is 0.480 e. The van der Waals surface area contributed by atoms with Gasteiger partial charge in [-0.25, -0.2) is 4.79 Å². The van der Waals surface area contributed by atoms with Crippen LogP contribution < -0.4 is 10.2 Å². The zero-order valence-corrected chi connectivity index (χ0v) is 9.67. The number of fused-ring (bicyclic) bond motifs is 1. The lowest BCUT2D eigenvalue weighted by atomic mass is 10.2. The second-order valence-corrected chi connectivity index (χ2v) is 4.22. The van der Waals surface area contributed by atoms with Gasteiger partial charge in [0.2, 0.25) is 0 Å². The molecule has 1 aromatic carbocycles. The minimum absolute atomic E-state index is 0.380. The first kappa shape index (κ1) is 11.0. The van der Waals surface area contributed by atoms with E-state index in [4.69, 9.17) is 4.42 Å². The molecule has 0 bridgehead atoms. The molecule has 6 nitrogen and oxygen atoms in total. The summed E-state index contributed by atoms with van der Waals surface area (Å²) in [5.74, 6) is -0.871. The third-order valence-electron chi connectivity index (χ3n) is 3.06. The number of piperazine rings is 1. The van der Waals surface area contributed by atoms with E-state index in [1.807, 2.05) is 24.3 Å². The van der Waals surface area contributed by atoms with E-state index in [0.717, 1.165) is 12.1 Å². The lowest BCUT2D eigenvalue weighted by Gasteiger charge is -2.31. The Morgan fingerprint density at radius 2 is 2.33 bits per heavy atom. The average Bonchev–Trinajstić information content (AvgIpc) is 2.82. The SMILES string of the molecule is O=C(O)C1CNCCN1c1nc2ccccc2o1. The third-order valence-corrected chi connectivity index (χ3v) is 3.06. The Balaban J connectivity index is 1.98. The summed E-state index contributed by atoms with van der Waals surface area (Å²) in [7, 11) is 0. The molecule has 0 amide bonds. The molecule has 1 saturated heterocycles. The summed E-state index contributed by atoms with van der Waals surface area (Å²) >= 11 is 0. The van der Waals surface area contributed by atoms with Crippen LogP contribution in [0.5, 0.6) is 0 Å². The number of anilines is 1. The molecule has 1 aliphatic heterocycles. The van der Waals surface area contributed by atoms with Crippen LogP contribution in [0, 0.1) is 0 Å². The number of carboxylic acids is 1. The number of hydrogen-bond donors (Lipinski definition) is 2. The molecular weight excluding hydrogens is 234 g/mol. The number of benzene rings is 1. The number of nitrogens with one attached hydrogen (secondary N) is 1. The molecule has 18 heavy (non-hydrogen) atoms. The number of aliphatic carboxylic acids is 1. The molecule has 0 saturated carbocycles. The summed E-state index contributed by atoms with van der Waals surface area (Å²) in [6, 6.07) is 7.16. The van der Waals surface area contributed by atoms with Crippen LogP contribution >= 0.6 is 0 Å². The zero-order valence-electron chi connectivity index (χ0n) is 9.67. The van der Waals surface area contributed by atoms with Crippen LogP contribution in [0.4, 0.5) is 6.01 Å². The van der Waals surface area contributed by atoms with E-state index in [2.05, 4.69) is 10.3 Å². The minimum atomic E-state index is -0.871. The predicted octanol–water partition coefficient (Wildman–Crippen LogP) is 0.691. The van der Waals surface area contributed by atoms with Gasteiger partial charge >= 0.3 is 5.97 Å². The van der Waals surface area contributed by atoms with Crippen molar-refractivity contribution in [2.45, 2.75) is 6.04 Å². The van der Waals surface area contributed by atoms with Crippen molar-refractivity contribution >= 4 is 23.1 Å². The number of para-hydroxylation sites is 2. The van der Waals surface area contributed by atoms with Gasteiger partial charge in [-0.15, -0.1) is 0 Å². The molecule has 2 heterocycles. The Morgan fingerprint density at radius 1 is 1.50 bits per heavy atom. The van der Waals surface area contributed by atoms with Gasteiger partial charge in [0.1, 0.15) is 11.6 Å². The standard InChI is InChI=1S/C12H13N3O3/c16-11(17)9-7-13-5-6-15(9)12-14-8-3-1-2-4-10(8)18-12/h1-4,9,13H,5-7H2,(H,16,17). The van der Waals surface area contributed by atoms with Crippen molar-refractivity contribution in [2.75, 3.05) is 24.5 Å². The highest BCUT2D eigenvalue weighted by Crippen LogP contribution is 2.23. The van der Waals surface area contributed by atoms with E-state index in [-0.39, 0.29) is 0 Å². The lowest BCUT2D eigenvalue weighted by Crippen LogP contribution is -2.55. The van der Waals surface area contributed by atoms with Crippen LogP contribution in [0.2, 0.25) is 0 Å². The molecule has 2 aromatic rings. The smallest absolute Gasteiger partial charge is 0.327 e. The molecule has 1 fully saturated rings. The van der Waals surface area contributed by atoms with Gasteiger partial charge in [-0.1, -0.05) is 12.1 Å². The summed E-state index contributed by atoms with van der Waals surface area (Å²) < 4.78 is 5.61. The lowest BCUT2D eigenvalue weighted by molar-refractivity contribution is -0.138. The molecule has 6 heteroatoms. The Labute approximate surface area is 103 Å². The Kier molecular flexibility index (Phi) is 2.64. The molecule has 0 radical (unpaired) electrons. The Bertz CT molecular complexity index is 548. The second kappa shape index (κ2) is 4.30. The van der Waals surface area contributed by atoms with E-state index in [9.17, 15) is 9.90 Å². The molecule has 94 valence electrons. The van der Waals surface area contributed by atoms with Gasteiger partial charge in [0.15, 0.2) is 5.58 Å². The fourth-order valence-corrected chi connectivity index (χ4v) is 2.14. The minimum Gasteiger partial charge on any atom is -0.480 e. The maximum absolute atomic E-state index is 11.2. The summed E-state index contributed by atoms with van der Waals surface area (Å²) in [6.45, 7) is 1.69. The van der Waals surface area contributed by atoms with Crippen LogP contribution in [0.15, 0.2) is 28.7 Å². The third kappa shape index (κ3) is 1.80. The average molecular weight is 247 g/mol. The second-order valence-electron chi connectivity index (χ2n) is 4.22. The number of carboxylic acid groups (broad SMARTS) is 1. The van der Waals surface area contributed by atoms with Gasteiger partial charge in [-0.2, -0.15) is 4.98 Å². The summed E-state index contributed by atoms with van der Waals surface area (Å²) in [6.07, 6.45) is 0. The first-order valence-electron chi connectivity index (χ1n) is 5.81. The van der Waals surface area contributed by atoms with Crippen LogP contribution in [-0.4, -0.2) is 41.7 Å². The molecular formula is C12H13N3O3. The van der Waals surface area contributed by atoms with Crippen molar-refractivity contribution in [3.05, 3.63) is 24.3 Å². The van der Waals surface area contributed by atoms with Gasteiger partial charge in [0, 0.05) is 19.6 Å². The molecule has 3 rings (SSSR count). The van der Waals surface area contributed by atoms with Crippen molar-refractivity contribution in [3.8, 4) is 0 Å². The molecule has 1 unspecified atom stereocenters. The number of hydrogen-bond acceptors (Lipinski definition) is 5. The van der Waals surface area contributed by atoms with E-state index in [1.54, 1.807) is 4.90 Å². The monoisotopic (exact) mass is 247 g/mol. The van der Waals surface area contributed by atoms with Crippen molar-refractivity contribution in [2.24, 2.45) is 0 Å². The van der Waals surface area contributed by atoms with E-state index >= 15 is 0 Å². The van der Waals surface area contributed by atoms with E-state index in [1.165, 1.54) is 0 Å². The molecule has 1 atom stereocenters. The maximum Gasteiger partial charge on any atom is 0.327 e. The predicted molar refractivity (Wildman–Crippen MR) is 65.6 cm³/mol. The molecule has 0 spiro atoms. The first-order valence-corrected chi connectivity index (χ1v) is 5.81. The van der Waals surface area contributed by atoms with Crippen LogP contribution in [0.25, 0.3) is 11.1 Å². The highest BCUT2D eigenvalue weighted by Gasteiger charge is 2.31. The van der Waals surface area contributed by atoms with Gasteiger partial charge in [-0.3, -0.25) is 0 Å². The summed E-state index contributed by atoms with van der Waals surface area (Å²) in [5.41, 5.74) is 1.42. The zero-order chi connectivity index (χ0) is 12.5. The summed E-state index contributed by atoms with van der Waals surface area (Å²) in [4.78, 5) is 17.2. The topological polar surface area (TPSA) is 78.6 Å². The van der Waals surface area contributed by atoms with Crippen molar-refractivity contribution in [3.63, 3.8) is 0 Å². The molecule has 2 N–H and O–H groups in total. The number of aromatic nitrogens is 1. The van der Waals surface area contributed by atoms with Crippen molar-refractivity contribution in [1.82, 2.24) is 10.3 Å².